The second-order valence-corrected chi connectivity index (χ2v) is 20.8. The van der Waals surface area contributed by atoms with Crippen LogP contribution < -0.4 is 5.32 Å². The Hall–Kier alpha value is -1.13. The Morgan fingerprint density at radius 2 is 0.631 bits per heavy atom. The highest BCUT2D eigenvalue weighted by molar-refractivity contribution is 5.76. The van der Waals surface area contributed by atoms with Gasteiger partial charge in [0.25, 0.3) is 0 Å². The number of carbonyl (C=O) groups is 1. The molecule has 0 saturated carbocycles. The minimum atomic E-state index is -0.660. The van der Waals surface area contributed by atoms with Crippen LogP contribution in [-0.4, -0.2) is 34.9 Å². The van der Waals surface area contributed by atoms with E-state index in [4.69, 9.17) is 0 Å². The number of aliphatic hydroxyl groups excluding tert-OH is 2. The fourth-order valence-corrected chi connectivity index (χ4v) is 9.63. The van der Waals surface area contributed by atoms with Crippen molar-refractivity contribution in [1.82, 2.24) is 5.32 Å². The van der Waals surface area contributed by atoms with E-state index in [1.165, 1.54) is 283 Å². The quantitative estimate of drug-likeness (QED) is 0.0421. The molecule has 0 spiro atoms. The maximum atomic E-state index is 12.5. The maximum Gasteiger partial charge on any atom is 0.220 e. The van der Waals surface area contributed by atoms with E-state index in [1.54, 1.807) is 0 Å². The third-order valence-corrected chi connectivity index (χ3v) is 14.2. The van der Waals surface area contributed by atoms with Gasteiger partial charge >= 0.3 is 0 Å². The lowest BCUT2D eigenvalue weighted by Gasteiger charge is -2.22. The molecule has 65 heavy (non-hydrogen) atoms. The lowest BCUT2D eigenvalue weighted by molar-refractivity contribution is -0.123. The third kappa shape index (κ3) is 53.7. The van der Waals surface area contributed by atoms with Crippen molar-refractivity contribution in [2.75, 3.05) is 6.61 Å². The van der Waals surface area contributed by atoms with Gasteiger partial charge in [0.05, 0.1) is 18.8 Å². The fraction of sp³-hybridized carbons (Fsp3) is 0.918. The van der Waals surface area contributed by atoms with Crippen LogP contribution in [0.3, 0.4) is 0 Å². The highest BCUT2D eigenvalue weighted by atomic mass is 16.3. The number of nitrogens with one attached hydrogen (secondary N) is 1. The summed E-state index contributed by atoms with van der Waals surface area (Å²) in [6.07, 6.45) is 76.1. The average Bonchev–Trinajstić information content (AvgIpc) is 3.31. The zero-order valence-electron chi connectivity index (χ0n) is 44.5. The first-order valence-corrected chi connectivity index (χ1v) is 30.0. The number of rotatable bonds is 56. The van der Waals surface area contributed by atoms with Crippen molar-refractivity contribution in [2.45, 2.75) is 353 Å². The van der Waals surface area contributed by atoms with E-state index >= 15 is 0 Å². The number of carbonyl (C=O) groups excluding carboxylic acids is 1. The molecule has 0 aromatic carbocycles. The number of allylic oxidation sites excluding steroid dienone is 4. The lowest BCUT2D eigenvalue weighted by atomic mass is 10.0. The monoisotopic (exact) mass is 914 g/mol. The summed E-state index contributed by atoms with van der Waals surface area (Å²) in [5.74, 6) is -0.0263. The van der Waals surface area contributed by atoms with Crippen LogP contribution in [0.15, 0.2) is 24.3 Å². The zero-order valence-corrected chi connectivity index (χ0v) is 44.5. The first-order chi connectivity index (χ1) is 32.2. The van der Waals surface area contributed by atoms with E-state index in [0.29, 0.717) is 12.8 Å². The van der Waals surface area contributed by atoms with Crippen LogP contribution in [0.1, 0.15) is 341 Å². The molecule has 0 rings (SSSR count). The summed E-state index contributed by atoms with van der Waals surface area (Å²) in [7, 11) is 0. The van der Waals surface area contributed by atoms with Crippen LogP contribution >= 0.6 is 0 Å². The molecule has 0 radical (unpaired) electrons. The summed E-state index contributed by atoms with van der Waals surface area (Å²) in [6.45, 7) is 4.40. The number of hydrogen-bond acceptors (Lipinski definition) is 3. The Morgan fingerprint density at radius 3 is 0.923 bits per heavy atom. The van der Waals surface area contributed by atoms with Crippen LogP contribution in [0.5, 0.6) is 0 Å². The number of unbranched alkanes of at least 4 members (excludes halogenated alkanes) is 45. The third-order valence-electron chi connectivity index (χ3n) is 14.2. The van der Waals surface area contributed by atoms with Crippen molar-refractivity contribution < 1.29 is 15.0 Å². The maximum absolute atomic E-state index is 12.5. The Kier molecular flexibility index (Phi) is 56.2. The molecular weight excluding hydrogens is 795 g/mol. The molecule has 2 atom stereocenters. The molecule has 0 bridgehead atoms. The Labute approximate surface area is 409 Å². The van der Waals surface area contributed by atoms with Crippen molar-refractivity contribution in [1.29, 1.82) is 0 Å². The summed E-state index contributed by atoms with van der Waals surface area (Å²) < 4.78 is 0. The summed E-state index contributed by atoms with van der Waals surface area (Å²) >= 11 is 0. The van der Waals surface area contributed by atoms with Gasteiger partial charge in [0, 0.05) is 6.42 Å². The number of amides is 1. The van der Waals surface area contributed by atoms with E-state index in [0.717, 1.165) is 32.1 Å². The highest BCUT2D eigenvalue weighted by Crippen LogP contribution is 2.18. The molecule has 3 N–H and O–H groups in total. The molecule has 0 aliphatic heterocycles. The molecule has 0 aromatic heterocycles. The molecule has 4 heteroatoms. The largest absolute Gasteiger partial charge is 0.394 e. The topological polar surface area (TPSA) is 69.6 Å². The van der Waals surface area contributed by atoms with E-state index in [9.17, 15) is 15.0 Å². The van der Waals surface area contributed by atoms with Gasteiger partial charge in [-0.05, 0) is 44.9 Å². The van der Waals surface area contributed by atoms with Crippen molar-refractivity contribution in [3.63, 3.8) is 0 Å². The molecule has 0 aromatic rings. The first kappa shape index (κ1) is 63.9. The van der Waals surface area contributed by atoms with E-state index in [1.807, 2.05) is 0 Å². The Balaban J connectivity index is 3.43. The standard InChI is InChI=1S/C61H119NO3/c1-3-5-7-9-11-13-15-17-19-21-23-25-27-29-30-31-32-33-35-37-39-41-43-45-47-49-51-53-55-57-61(65)62-59(58-63)60(64)56-54-52-50-48-46-44-42-40-38-36-34-28-26-24-22-20-18-16-14-12-10-8-6-4-2/h23,25,29-30,59-60,63-64H,3-22,24,26-28,31-58H2,1-2H3,(H,62,65)/b25-23-,30-29-. The van der Waals surface area contributed by atoms with Crippen LogP contribution in [0.4, 0.5) is 0 Å². The summed E-state index contributed by atoms with van der Waals surface area (Å²) in [5.41, 5.74) is 0. The van der Waals surface area contributed by atoms with Gasteiger partial charge in [-0.3, -0.25) is 4.79 Å². The second-order valence-electron chi connectivity index (χ2n) is 20.8. The molecule has 386 valence electrons. The molecule has 4 nitrogen and oxygen atoms in total. The first-order valence-electron chi connectivity index (χ1n) is 30.0. The lowest BCUT2D eigenvalue weighted by Crippen LogP contribution is -2.45. The number of aliphatic hydroxyl groups is 2. The normalized spacial score (nSPS) is 12.9. The molecule has 0 aliphatic rings. The van der Waals surface area contributed by atoms with E-state index in [2.05, 4.69) is 43.5 Å². The Morgan fingerprint density at radius 1 is 0.369 bits per heavy atom. The second kappa shape index (κ2) is 57.2. The van der Waals surface area contributed by atoms with E-state index in [-0.39, 0.29) is 12.5 Å². The van der Waals surface area contributed by atoms with Gasteiger partial charge in [-0.1, -0.05) is 314 Å². The summed E-state index contributed by atoms with van der Waals surface area (Å²) in [6, 6.07) is -0.536. The Bertz CT molecular complexity index is 947. The smallest absolute Gasteiger partial charge is 0.220 e. The van der Waals surface area contributed by atoms with Gasteiger partial charge < -0.3 is 15.5 Å². The predicted molar refractivity (Wildman–Crippen MR) is 290 cm³/mol. The van der Waals surface area contributed by atoms with Crippen molar-refractivity contribution in [3.8, 4) is 0 Å². The van der Waals surface area contributed by atoms with Crippen LogP contribution in [-0.2, 0) is 4.79 Å². The van der Waals surface area contributed by atoms with Gasteiger partial charge in [0.15, 0.2) is 0 Å². The van der Waals surface area contributed by atoms with Gasteiger partial charge in [-0.25, -0.2) is 0 Å². The molecule has 0 aliphatic carbocycles. The van der Waals surface area contributed by atoms with Crippen molar-refractivity contribution >= 4 is 5.91 Å². The minimum Gasteiger partial charge on any atom is -0.394 e. The summed E-state index contributed by atoms with van der Waals surface area (Å²) in [5, 5.41) is 23.4. The average molecular weight is 915 g/mol. The summed E-state index contributed by atoms with van der Waals surface area (Å²) in [4.78, 5) is 12.5. The molecule has 2 unspecified atom stereocenters. The van der Waals surface area contributed by atoms with Gasteiger partial charge in [0.2, 0.25) is 5.91 Å². The van der Waals surface area contributed by atoms with Gasteiger partial charge in [-0.15, -0.1) is 0 Å². The SMILES string of the molecule is CCCCCCCCCCC/C=C\C/C=C\CCCCCCCCCCCCCCCC(=O)NC(CO)C(O)CCCCCCCCCCCCCCCCCCCCCCCCCC. The molecule has 0 heterocycles. The molecule has 0 fully saturated rings. The van der Waals surface area contributed by atoms with Crippen LogP contribution in [0, 0.1) is 0 Å². The predicted octanol–water partition coefficient (Wildman–Crippen LogP) is 19.9. The van der Waals surface area contributed by atoms with Crippen molar-refractivity contribution in [2.24, 2.45) is 0 Å². The van der Waals surface area contributed by atoms with Gasteiger partial charge in [-0.2, -0.15) is 0 Å². The number of hydrogen-bond donors (Lipinski definition) is 3. The highest BCUT2D eigenvalue weighted by Gasteiger charge is 2.20. The van der Waals surface area contributed by atoms with Gasteiger partial charge in [0.1, 0.15) is 0 Å². The minimum absolute atomic E-state index is 0.0263. The zero-order chi connectivity index (χ0) is 47.0. The van der Waals surface area contributed by atoms with Crippen LogP contribution in [0.25, 0.3) is 0 Å². The molecule has 0 saturated heterocycles. The van der Waals surface area contributed by atoms with E-state index < -0.39 is 12.1 Å². The fourth-order valence-electron chi connectivity index (χ4n) is 9.63. The molecular formula is C61H119NO3. The molecule has 1 amide bonds. The van der Waals surface area contributed by atoms with Crippen molar-refractivity contribution in [3.05, 3.63) is 24.3 Å². The van der Waals surface area contributed by atoms with Crippen LogP contribution in [0.2, 0.25) is 0 Å².